The Balaban J connectivity index is 0.934. The monoisotopic (exact) mass is 830 g/mol. The van der Waals surface area contributed by atoms with E-state index in [0.29, 0.717) is 54.4 Å². The molecule has 0 unspecified atom stereocenters. The standard InChI is InChI=1S/C45H50N8O6S/c1-6-38(55)52-26(2)24-35(34-10-7-8-11-37(34)52)48-33-18-16-32(17-19-33)44(58)47-21-9-20-46-43(57)31-14-12-30(13-15-31)41-40-27(3)28(4)60-45(40)53-29(5)50-51-42(53)36(49-41)25-39(56)59-23-22-54/h7-8,10-19,26,35-36,48,54H,6,9,20-25H2,1-5H3,(H,46,57)(H,47,58)/t26-,35+,36-/m0/s1. The summed E-state index contributed by atoms with van der Waals surface area (Å²) < 4.78 is 7.13. The van der Waals surface area contributed by atoms with Gasteiger partial charge in [0.25, 0.3) is 11.8 Å². The normalized spacial score (nSPS) is 16.7. The van der Waals surface area contributed by atoms with E-state index in [9.17, 15) is 19.2 Å². The maximum atomic E-state index is 13.2. The lowest BCUT2D eigenvalue weighted by Crippen LogP contribution is -2.44. The van der Waals surface area contributed by atoms with Gasteiger partial charge in [0.15, 0.2) is 5.82 Å². The molecule has 4 heterocycles. The highest BCUT2D eigenvalue weighted by atomic mass is 32.1. The number of amides is 3. The highest BCUT2D eigenvalue weighted by Gasteiger charge is 2.34. The number of ether oxygens (including phenoxy) is 1. The van der Waals surface area contributed by atoms with E-state index in [-0.39, 0.29) is 49.4 Å². The van der Waals surface area contributed by atoms with Gasteiger partial charge in [-0.15, -0.1) is 21.5 Å². The molecule has 0 radical (unpaired) electrons. The molecule has 2 aliphatic rings. The molecule has 0 bridgehead atoms. The molecule has 0 fully saturated rings. The van der Waals surface area contributed by atoms with Gasteiger partial charge in [-0.2, -0.15) is 0 Å². The fourth-order valence-electron chi connectivity index (χ4n) is 7.80. The molecule has 7 rings (SSSR count). The maximum absolute atomic E-state index is 13.2. The molecule has 0 spiro atoms. The molecule has 3 aromatic carbocycles. The summed E-state index contributed by atoms with van der Waals surface area (Å²) >= 11 is 1.60. The Morgan fingerprint density at radius 2 is 1.57 bits per heavy atom. The molecule has 15 heteroatoms. The van der Waals surface area contributed by atoms with Crippen molar-refractivity contribution in [2.75, 3.05) is 36.5 Å². The van der Waals surface area contributed by atoms with Gasteiger partial charge in [0.05, 0.1) is 24.8 Å². The number of aryl methyl sites for hydroxylation is 2. The quantitative estimate of drug-likeness (QED) is 0.0737. The van der Waals surface area contributed by atoms with E-state index in [1.54, 1.807) is 35.6 Å². The van der Waals surface area contributed by atoms with Crippen LogP contribution in [-0.2, 0) is 14.3 Å². The van der Waals surface area contributed by atoms with E-state index in [1.165, 1.54) is 0 Å². The average Bonchev–Trinajstić information content (AvgIpc) is 3.73. The highest BCUT2D eigenvalue weighted by molar-refractivity contribution is 7.15. The van der Waals surface area contributed by atoms with Crippen LogP contribution in [-0.4, -0.2) is 81.6 Å². The van der Waals surface area contributed by atoms with Crippen LogP contribution in [0, 0.1) is 20.8 Å². The van der Waals surface area contributed by atoms with Crippen LogP contribution in [0.2, 0.25) is 0 Å². The van der Waals surface area contributed by atoms with Gasteiger partial charge in [-0.25, -0.2) is 0 Å². The number of hydrogen-bond donors (Lipinski definition) is 4. The van der Waals surface area contributed by atoms with E-state index >= 15 is 0 Å². The second-order valence-corrected chi connectivity index (χ2v) is 16.2. The van der Waals surface area contributed by atoms with Crippen molar-refractivity contribution >= 4 is 52.1 Å². The molecule has 3 amide bonds. The minimum atomic E-state index is -0.687. The van der Waals surface area contributed by atoms with E-state index in [4.69, 9.17) is 14.8 Å². The Hall–Kier alpha value is -6.19. The van der Waals surface area contributed by atoms with Crippen molar-refractivity contribution in [1.82, 2.24) is 25.4 Å². The van der Waals surface area contributed by atoms with Gasteiger partial charge in [0, 0.05) is 64.1 Å². The van der Waals surface area contributed by atoms with Crippen molar-refractivity contribution in [3.63, 3.8) is 0 Å². The highest BCUT2D eigenvalue weighted by Crippen LogP contribution is 2.41. The molecular weight excluding hydrogens is 781 g/mol. The number of aliphatic hydroxyl groups is 1. The SMILES string of the molecule is CCC(=O)N1c2ccccc2[C@H](Nc2ccc(C(=O)NCCCNC(=O)c3ccc(C4=N[C@@H](CC(=O)OCCO)c5nnc(C)n5-c5sc(C)c(C)c54)cc3)cc2)C[C@@H]1C. The molecule has 0 saturated heterocycles. The van der Waals surface area contributed by atoms with Crippen LogP contribution in [0.1, 0.15) is 111 Å². The summed E-state index contributed by atoms with van der Waals surface area (Å²) in [5, 5.41) is 28.3. The number of fused-ring (bicyclic) bond motifs is 4. The number of rotatable bonds is 14. The van der Waals surface area contributed by atoms with Crippen LogP contribution in [0.5, 0.6) is 0 Å². The third-order valence-corrected chi connectivity index (χ3v) is 12.1. The summed E-state index contributed by atoms with van der Waals surface area (Å²) in [5.74, 6) is 0.359. The lowest BCUT2D eigenvalue weighted by atomic mass is 9.91. The molecule has 14 nitrogen and oxygen atoms in total. The predicted octanol–water partition coefficient (Wildman–Crippen LogP) is 6.31. The molecular formula is C45H50N8O6S. The molecule has 3 atom stereocenters. The van der Waals surface area contributed by atoms with Crippen LogP contribution < -0.4 is 20.9 Å². The van der Waals surface area contributed by atoms with Gasteiger partial charge in [-0.1, -0.05) is 37.3 Å². The molecule has 312 valence electrons. The second-order valence-electron chi connectivity index (χ2n) is 15.0. The first-order valence-electron chi connectivity index (χ1n) is 20.3. The van der Waals surface area contributed by atoms with Gasteiger partial charge in [-0.05, 0) is 94.1 Å². The number of nitrogens with one attached hydrogen (secondary N) is 3. The topological polar surface area (TPSA) is 180 Å². The van der Waals surface area contributed by atoms with Crippen LogP contribution in [0.15, 0.2) is 77.8 Å². The van der Waals surface area contributed by atoms with E-state index in [1.807, 2.05) is 72.7 Å². The zero-order valence-electron chi connectivity index (χ0n) is 34.4. The third-order valence-electron chi connectivity index (χ3n) is 10.9. The molecule has 4 N–H and O–H groups in total. The smallest absolute Gasteiger partial charge is 0.308 e. The van der Waals surface area contributed by atoms with Crippen molar-refractivity contribution in [3.8, 4) is 5.00 Å². The summed E-state index contributed by atoms with van der Waals surface area (Å²) in [4.78, 5) is 59.6. The number of benzene rings is 3. The number of anilines is 2. The van der Waals surface area contributed by atoms with Crippen LogP contribution in [0.3, 0.4) is 0 Å². The van der Waals surface area contributed by atoms with E-state index in [0.717, 1.165) is 49.9 Å². The Morgan fingerprint density at radius 3 is 2.23 bits per heavy atom. The summed E-state index contributed by atoms with van der Waals surface area (Å²) in [5.41, 5.74) is 7.31. The second kappa shape index (κ2) is 18.4. The van der Waals surface area contributed by atoms with Gasteiger partial charge in [0.1, 0.15) is 23.5 Å². The Labute approximate surface area is 353 Å². The summed E-state index contributed by atoms with van der Waals surface area (Å²) in [6.07, 6.45) is 1.66. The fourth-order valence-corrected chi connectivity index (χ4v) is 9.01. The number of carbonyl (C=O) groups excluding carboxylic acids is 4. The Bertz CT molecular complexity index is 2420. The number of aliphatic imine (C=N–C) groups is 1. The Kier molecular flexibility index (Phi) is 12.9. The van der Waals surface area contributed by atoms with Crippen molar-refractivity contribution < 1.29 is 29.0 Å². The van der Waals surface area contributed by atoms with E-state index in [2.05, 4.69) is 46.1 Å². The molecule has 2 aromatic heterocycles. The summed E-state index contributed by atoms with van der Waals surface area (Å²) in [7, 11) is 0. The molecule has 2 aliphatic heterocycles. The van der Waals surface area contributed by atoms with Crippen molar-refractivity contribution in [1.29, 1.82) is 0 Å². The van der Waals surface area contributed by atoms with Crippen LogP contribution in [0.4, 0.5) is 11.4 Å². The third kappa shape index (κ3) is 8.73. The predicted molar refractivity (Wildman–Crippen MR) is 231 cm³/mol. The minimum Gasteiger partial charge on any atom is -0.463 e. The fraction of sp³-hybridized carbons (Fsp3) is 0.356. The number of para-hydroxylation sites is 1. The van der Waals surface area contributed by atoms with Gasteiger partial charge in [0.2, 0.25) is 5.91 Å². The number of aliphatic hydroxyl groups excluding tert-OH is 1. The number of esters is 1. The molecule has 5 aromatic rings. The van der Waals surface area contributed by atoms with E-state index < -0.39 is 12.0 Å². The minimum absolute atomic E-state index is 0.0215. The number of nitrogens with zero attached hydrogens (tertiary/aromatic N) is 5. The summed E-state index contributed by atoms with van der Waals surface area (Å²) in [6, 6.07) is 21.9. The number of thiophene rings is 1. The maximum Gasteiger partial charge on any atom is 0.308 e. The van der Waals surface area contributed by atoms with Crippen LogP contribution >= 0.6 is 11.3 Å². The number of aromatic nitrogens is 3. The summed E-state index contributed by atoms with van der Waals surface area (Å²) in [6.45, 7) is 10.3. The lowest BCUT2D eigenvalue weighted by Gasteiger charge is -2.40. The van der Waals surface area contributed by atoms with Gasteiger partial charge < -0.3 is 30.7 Å². The lowest BCUT2D eigenvalue weighted by molar-refractivity contribution is -0.145. The Morgan fingerprint density at radius 1 is 0.900 bits per heavy atom. The van der Waals surface area contributed by atoms with Gasteiger partial charge >= 0.3 is 5.97 Å². The van der Waals surface area contributed by atoms with Crippen molar-refractivity contribution in [2.45, 2.75) is 78.4 Å². The largest absolute Gasteiger partial charge is 0.463 e. The number of hydrogen-bond acceptors (Lipinski definition) is 11. The average molecular weight is 831 g/mol. The first kappa shape index (κ1) is 42.0. The van der Waals surface area contributed by atoms with Crippen LogP contribution in [0.25, 0.3) is 5.00 Å². The zero-order chi connectivity index (χ0) is 42.5. The first-order valence-corrected chi connectivity index (χ1v) is 21.1. The van der Waals surface area contributed by atoms with Crippen molar-refractivity contribution in [3.05, 3.63) is 123 Å². The van der Waals surface area contributed by atoms with Gasteiger partial charge in [-0.3, -0.25) is 28.7 Å². The molecule has 60 heavy (non-hydrogen) atoms. The zero-order valence-corrected chi connectivity index (χ0v) is 35.3. The molecule has 0 saturated carbocycles. The van der Waals surface area contributed by atoms with Crippen molar-refractivity contribution in [2.24, 2.45) is 4.99 Å². The molecule has 0 aliphatic carbocycles. The first-order chi connectivity index (χ1) is 29.0. The number of carbonyl (C=O) groups is 4.